The second kappa shape index (κ2) is 6.26. The summed E-state index contributed by atoms with van der Waals surface area (Å²) < 4.78 is 11.0. The average Bonchev–Trinajstić information content (AvgIpc) is 2.97. The maximum absolute atomic E-state index is 12.3. The molecule has 6 heteroatoms. The Labute approximate surface area is 139 Å². The molecule has 2 aromatic rings. The summed E-state index contributed by atoms with van der Waals surface area (Å²) in [5.74, 6) is 0.212. The molecule has 1 aliphatic heterocycles. The largest absolute Gasteiger partial charge is 0.504 e. The Morgan fingerprint density at radius 1 is 1.13 bits per heavy atom. The van der Waals surface area contributed by atoms with Gasteiger partial charge in [0.25, 0.3) is 0 Å². The number of carbonyl (C=O) groups is 1. The molecule has 0 bridgehead atoms. The van der Waals surface area contributed by atoms with E-state index < -0.39 is 17.0 Å². The van der Waals surface area contributed by atoms with E-state index in [-0.39, 0.29) is 12.4 Å². The third-order valence-electron chi connectivity index (χ3n) is 3.25. The highest BCUT2D eigenvalue weighted by Crippen LogP contribution is 2.32. The van der Waals surface area contributed by atoms with Crippen LogP contribution in [0.2, 0.25) is 0 Å². The van der Waals surface area contributed by atoms with Crippen molar-refractivity contribution in [2.24, 2.45) is 0 Å². The summed E-state index contributed by atoms with van der Waals surface area (Å²) in [5, 5.41) is 9.85. The van der Waals surface area contributed by atoms with Crippen LogP contribution >= 0.6 is 15.9 Å². The number of aromatic hydroxyl groups is 1. The van der Waals surface area contributed by atoms with Crippen molar-refractivity contribution in [3.05, 3.63) is 68.3 Å². The van der Waals surface area contributed by atoms with Crippen LogP contribution < -0.4 is 14.9 Å². The van der Waals surface area contributed by atoms with E-state index in [4.69, 9.17) is 9.47 Å². The molecular formula is C17H11BrO5. The minimum atomic E-state index is -0.615. The molecule has 1 heterocycles. The minimum absolute atomic E-state index is 0.0659. The molecule has 0 saturated heterocycles. The summed E-state index contributed by atoms with van der Waals surface area (Å²) in [6, 6.07) is 9.34. The van der Waals surface area contributed by atoms with E-state index in [2.05, 4.69) is 15.9 Å². The zero-order valence-corrected chi connectivity index (χ0v) is 13.4. The van der Waals surface area contributed by atoms with Gasteiger partial charge in [-0.3, -0.25) is 9.59 Å². The van der Waals surface area contributed by atoms with E-state index >= 15 is 0 Å². The molecule has 5 nitrogen and oxygen atoms in total. The van der Waals surface area contributed by atoms with Gasteiger partial charge in [0.2, 0.25) is 12.2 Å². The lowest BCUT2D eigenvalue weighted by Gasteiger charge is -1.98. The van der Waals surface area contributed by atoms with Gasteiger partial charge in [-0.2, -0.15) is 0 Å². The van der Waals surface area contributed by atoms with E-state index in [0.29, 0.717) is 16.0 Å². The number of fused-ring (bicyclic) bond motifs is 1. The number of allylic oxidation sites excluding steroid dienone is 1. The number of ketones is 1. The lowest BCUT2D eigenvalue weighted by Crippen LogP contribution is -2.01. The summed E-state index contributed by atoms with van der Waals surface area (Å²) in [6.45, 7) is 0.177. The quantitative estimate of drug-likeness (QED) is 0.659. The molecule has 1 aliphatic rings. The highest BCUT2D eigenvalue weighted by atomic mass is 79.9. The van der Waals surface area contributed by atoms with E-state index in [0.717, 1.165) is 5.56 Å². The van der Waals surface area contributed by atoms with Gasteiger partial charge in [0.05, 0.1) is 5.56 Å². The fraction of sp³-hybridized carbons (Fsp3) is 0.0588. The summed E-state index contributed by atoms with van der Waals surface area (Å²) in [4.78, 5) is 23.9. The Bertz CT molecular complexity index is 873. The van der Waals surface area contributed by atoms with Gasteiger partial charge < -0.3 is 14.6 Å². The average molecular weight is 375 g/mol. The molecule has 0 aromatic heterocycles. The zero-order chi connectivity index (χ0) is 16.4. The molecule has 0 unspecified atom stereocenters. The third kappa shape index (κ3) is 3.27. The van der Waals surface area contributed by atoms with Crippen LogP contribution in [0.25, 0.3) is 6.08 Å². The first-order chi connectivity index (χ1) is 11.0. The monoisotopic (exact) mass is 374 g/mol. The molecule has 0 spiro atoms. The maximum atomic E-state index is 12.3. The molecule has 0 amide bonds. The van der Waals surface area contributed by atoms with Gasteiger partial charge in [-0.25, -0.2) is 0 Å². The number of ether oxygens (including phenoxy) is 2. The van der Waals surface area contributed by atoms with Gasteiger partial charge >= 0.3 is 0 Å². The lowest BCUT2D eigenvalue weighted by atomic mass is 10.1. The molecule has 0 aliphatic carbocycles. The summed E-state index contributed by atoms with van der Waals surface area (Å²) >= 11 is 3.20. The topological polar surface area (TPSA) is 72.8 Å². The van der Waals surface area contributed by atoms with Crippen molar-refractivity contribution in [2.45, 2.75) is 0 Å². The smallest absolute Gasteiger partial charge is 0.231 e. The van der Waals surface area contributed by atoms with Gasteiger partial charge in [0, 0.05) is 4.47 Å². The minimum Gasteiger partial charge on any atom is -0.504 e. The first kappa shape index (κ1) is 15.3. The van der Waals surface area contributed by atoms with Crippen LogP contribution in [-0.4, -0.2) is 17.7 Å². The molecular weight excluding hydrogens is 364 g/mol. The second-order valence-corrected chi connectivity index (χ2v) is 5.72. The molecule has 2 aromatic carbocycles. The van der Waals surface area contributed by atoms with Crippen LogP contribution in [0.1, 0.15) is 15.9 Å². The molecule has 0 fully saturated rings. The SMILES string of the molecule is O=C(C=Cc1ccc2c(c1)OCO2)c1cc(Br)ccc(=O)c1O. The Morgan fingerprint density at radius 2 is 1.91 bits per heavy atom. The maximum Gasteiger partial charge on any atom is 0.231 e. The van der Waals surface area contributed by atoms with Crippen LogP contribution in [0.3, 0.4) is 0 Å². The standard InChI is InChI=1S/C17H11BrO5/c18-11-3-5-14(20)17(21)12(8-11)13(19)4-1-10-2-6-15-16(7-10)23-9-22-15/h1-8H,9H2,(H,20,21). The van der Waals surface area contributed by atoms with Crippen LogP contribution in [0.15, 0.2) is 51.7 Å². The number of carbonyl (C=O) groups excluding carboxylic acids is 1. The molecule has 0 saturated carbocycles. The normalized spacial score (nSPS) is 12.6. The lowest BCUT2D eigenvalue weighted by molar-refractivity contribution is 0.104. The van der Waals surface area contributed by atoms with Crippen molar-refractivity contribution in [2.75, 3.05) is 6.79 Å². The van der Waals surface area contributed by atoms with Crippen LogP contribution in [0.5, 0.6) is 17.2 Å². The summed E-state index contributed by atoms with van der Waals surface area (Å²) in [5.41, 5.74) is 0.0585. The fourth-order valence-corrected chi connectivity index (χ4v) is 2.45. The molecule has 1 N–H and O–H groups in total. The van der Waals surface area contributed by atoms with Crippen LogP contribution in [-0.2, 0) is 0 Å². The number of benzene rings is 1. The van der Waals surface area contributed by atoms with Gasteiger partial charge in [-0.1, -0.05) is 28.1 Å². The van der Waals surface area contributed by atoms with Gasteiger partial charge in [0.1, 0.15) is 0 Å². The molecule has 116 valence electrons. The molecule has 3 rings (SSSR count). The van der Waals surface area contributed by atoms with Gasteiger partial charge in [0.15, 0.2) is 23.0 Å². The Kier molecular flexibility index (Phi) is 4.16. The predicted octanol–water partition coefficient (Wildman–Crippen LogP) is 3.14. The number of halogens is 1. The van der Waals surface area contributed by atoms with E-state index in [9.17, 15) is 14.7 Å². The van der Waals surface area contributed by atoms with E-state index in [1.807, 2.05) is 0 Å². The number of hydrogen-bond donors (Lipinski definition) is 1. The van der Waals surface area contributed by atoms with E-state index in [1.54, 1.807) is 24.3 Å². The zero-order valence-electron chi connectivity index (χ0n) is 11.8. The van der Waals surface area contributed by atoms with Crippen molar-refractivity contribution >= 4 is 27.8 Å². The van der Waals surface area contributed by atoms with Crippen molar-refractivity contribution in [1.29, 1.82) is 0 Å². The number of rotatable bonds is 3. The van der Waals surface area contributed by atoms with Gasteiger partial charge in [-0.05, 0) is 42.0 Å². The summed E-state index contributed by atoms with van der Waals surface area (Å²) in [6.07, 6.45) is 2.87. The highest BCUT2D eigenvalue weighted by Gasteiger charge is 2.13. The van der Waals surface area contributed by atoms with Gasteiger partial charge in [-0.15, -0.1) is 0 Å². The highest BCUT2D eigenvalue weighted by molar-refractivity contribution is 9.10. The molecule has 23 heavy (non-hydrogen) atoms. The van der Waals surface area contributed by atoms with Crippen molar-refractivity contribution in [1.82, 2.24) is 0 Å². The predicted molar refractivity (Wildman–Crippen MR) is 88.0 cm³/mol. The summed E-state index contributed by atoms with van der Waals surface area (Å²) in [7, 11) is 0. The first-order valence-electron chi connectivity index (χ1n) is 6.69. The second-order valence-electron chi connectivity index (χ2n) is 4.80. The number of hydrogen-bond acceptors (Lipinski definition) is 5. The Morgan fingerprint density at radius 3 is 2.74 bits per heavy atom. The van der Waals surface area contributed by atoms with Crippen LogP contribution in [0.4, 0.5) is 0 Å². The van der Waals surface area contributed by atoms with E-state index in [1.165, 1.54) is 24.3 Å². The van der Waals surface area contributed by atoms with Crippen molar-refractivity contribution in [3.63, 3.8) is 0 Å². The Balaban J connectivity index is 1.91. The Hall–Kier alpha value is -2.60. The van der Waals surface area contributed by atoms with Crippen molar-refractivity contribution < 1.29 is 19.4 Å². The van der Waals surface area contributed by atoms with Crippen molar-refractivity contribution in [3.8, 4) is 17.2 Å². The van der Waals surface area contributed by atoms with Crippen LogP contribution in [0, 0.1) is 0 Å². The molecule has 0 atom stereocenters. The first-order valence-corrected chi connectivity index (χ1v) is 7.49. The molecule has 0 radical (unpaired) electrons. The fourth-order valence-electron chi connectivity index (χ4n) is 2.09. The third-order valence-corrected chi connectivity index (χ3v) is 3.75.